The van der Waals surface area contributed by atoms with Crippen molar-refractivity contribution >= 4 is 16.9 Å². The molecule has 202 valence electrons. The quantitative estimate of drug-likeness (QED) is 0.312. The van der Waals surface area contributed by atoms with Crippen LogP contribution in [0.25, 0.3) is 33.0 Å². The molecule has 1 saturated heterocycles. The molecule has 2 N–H and O–H groups in total. The first-order valence-corrected chi connectivity index (χ1v) is 13.6. The standard InChI is InChI=1S/C32H36N4O3/c1-21-20-33-14-13-25(21)26-19-27(28-10-7-16-36(28)17-15-34-31(38)39-32(2,3)4)35-30(37)29(26)24-12-11-22-8-5-6-9-23(22)18-24/h5-6,8-9,11-14,18-20,28H,7,10,15-17H2,1-4H3,(H,34,38)(H,35,37). The molecule has 1 atom stereocenters. The zero-order chi connectivity index (χ0) is 27.6. The third-order valence-corrected chi connectivity index (χ3v) is 7.19. The van der Waals surface area contributed by atoms with Crippen molar-refractivity contribution in [2.45, 2.75) is 52.2 Å². The third-order valence-electron chi connectivity index (χ3n) is 7.19. The Morgan fingerprint density at radius 1 is 1.10 bits per heavy atom. The van der Waals surface area contributed by atoms with Crippen LogP contribution in [-0.2, 0) is 4.74 Å². The minimum absolute atomic E-state index is 0.0599. The summed E-state index contributed by atoms with van der Waals surface area (Å²) in [7, 11) is 0. The lowest BCUT2D eigenvalue weighted by atomic mass is 9.91. The van der Waals surface area contributed by atoms with Gasteiger partial charge in [-0.1, -0.05) is 36.4 Å². The van der Waals surface area contributed by atoms with Crippen molar-refractivity contribution in [2.24, 2.45) is 0 Å². The van der Waals surface area contributed by atoms with E-state index in [0.717, 1.165) is 58.1 Å². The highest BCUT2D eigenvalue weighted by molar-refractivity contribution is 5.91. The van der Waals surface area contributed by atoms with Crippen LogP contribution in [0.2, 0.25) is 0 Å². The maximum atomic E-state index is 13.8. The highest BCUT2D eigenvalue weighted by Crippen LogP contribution is 2.37. The highest BCUT2D eigenvalue weighted by Gasteiger charge is 2.28. The Labute approximate surface area is 229 Å². The molecule has 5 rings (SSSR count). The van der Waals surface area contributed by atoms with Gasteiger partial charge in [-0.2, -0.15) is 0 Å². The number of hydrogen-bond donors (Lipinski definition) is 2. The Morgan fingerprint density at radius 2 is 1.90 bits per heavy atom. The number of nitrogens with zero attached hydrogens (tertiary/aromatic N) is 2. The maximum Gasteiger partial charge on any atom is 0.407 e. The summed E-state index contributed by atoms with van der Waals surface area (Å²) in [6, 6.07) is 18.5. The van der Waals surface area contributed by atoms with E-state index in [4.69, 9.17) is 4.74 Å². The Bertz CT molecular complexity index is 1550. The summed E-state index contributed by atoms with van der Waals surface area (Å²) in [5, 5.41) is 5.09. The lowest BCUT2D eigenvalue weighted by Gasteiger charge is -2.26. The molecule has 1 aliphatic rings. The second-order valence-electron chi connectivity index (χ2n) is 11.2. The SMILES string of the molecule is Cc1cnccc1-c1cc(C2CCCN2CCNC(=O)OC(C)(C)C)[nH]c(=O)c1-c1ccc2ccccc2c1. The van der Waals surface area contributed by atoms with Crippen molar-refractivity contribution in [1.82, 2.24) is 20.2 Å². The fourth-order valence-corrected chi connectivity index (χ4v) is 5.44. The van der Waals surface area contributed by atoms with Crippen LogP contribution in [-0.4, -0.2) is 46.2 Å². The molecule has 39 heavy (non-hydrogen) atoms. The number of amides is 1. The van der Waals surface area contributed by atoms with Crippen molar-refractivity contribution in [3.63, 3.8) is 0 Å². The van der Waals surface area contributed by atoms with Crippen LogP contribution >= 0.6 is 0 Å². The van der Waals surface area contributed by atoms with E-state index in [-0.39, 0.29) is 11.6 Å². The number of aryl methyl sites for hydroxylation is 1. The molecule has 0 aliphatic carbocycles. The van der Waals surface area contributed by atoms with Crippen LogP contribution in [0.1, 0.15) is 50.9 Å². The van der Waals surface area contributed by atoms with E-state index in [0.29, 0.717) is 18.7 Å². The molecule has 0 saturated carbocycles. The van der Waals surface area contributed by atoms with Gasteiger partial charge in [0.25, 0.3) is 5.56 Å². The van der Waals surface area contributed by atoms with Crippen molar-refractivity contribution in [3.8, 4) is 22.3 Å². The van der Waals surface area contributed by atoms with Crippen LogP contribution in [0.5, 0.6) is 0 Å². The summed E-state index contributed by atoms with van der Waals surface area (Å²) in [5.41, 5.74) is 4.72. The molecule has 2 aromatic heterocycles. The third kappa shape index (κ3) is 6.04. The van der Waals surface area contributed by atoms with Gasteiger partial charge >= 0.3 is 6.09 Å². The minimum atomic E-state index is -0.534. The van der Waals surface area contributed by atoms with Gasteiger partial charge in [-0.3, -0.25) is 14.7 Å². The van der Waals surface area contributed by atoms with Crippen LogP contribution in [0, 0.1) is 6.92 Å². The van der Waals surface area contributed by atoms with E-state index in [9.17, 15) is 9.59 Å². The molecular formula is C32H36N4O3. The number of likely N-dealkylation sites (tertiary alicyclic amines) is 1. The number of benzene rings is 2. The maximum absolute atomic E-state index is 13.8. The summed E-state index contributed by atoms with van der Waals surface area (Å²) >= 11 is 0. The van der Waals surface area contributed by atoms with Gasteiger partial charge < -0.3 is 15.0 Å². The fourth-order valence-electron chi connectivity index (χ4n) is 5.44. The molecule has 0 bridgehead atoms. The van der Waals surface area contributed by atoms with Gasteiger partial charge in [0.05, 0.1) is 11.6 Å². The molecule has 7 heteroatoms. The first-order chi connectivity index (χ1) is 18.7. The molecule has 7 nitrogen and oxygen atoms in total. The number of fused-ring (bicyclic) bond motifs is 1. The lowest BCUT2D eigenvalue weighted by molar-refractivity contribution is 0.0521. The van der Waals surface area contributed by atoms with E-state index >= 15 is 0 Å². The summed E-state index contributed by atoms with van der Waals surface area (Å²) < 4.78 is 5.37. The Hall–Kier alpha value is -3.97. The number of alkyl carbamates (subject to hydrolysis) is 1. The number of carbonyl (C=O) groups is 1. The lowest BCUT2D eigenvalue weighted by Crippen LogP contribution is -2.38. The smallest absolute Gasteiger partial charge is 0.407 e. The number of nitrogens with one attached hydrogen (secondary N) is 2. The summed E-state index contributed by atoms with van der Waals surface area (Å²) in [5.74, 6) is 0. The number of ether oxygens (including phenoxy) is 1. The van der Waals surface area contributed by atoms with E-state index < -0.39 is 11.7 Å². The molecule has 0 spiro atoms. The van der Waals surface area contributed by atoms with Gasteiger partial charge in [-0.15, -0.1) is 0 Å². The number of aromatic nitrogens is 2. The molecule has 1 unspecified atom stereocenters. The number of carbonyl (C=O) groups excluding carboxylic acids is 1. The van der Waals surface area contributed by atoms with Crippen molar-refractivity contribution in [2.75, 3.05) is 19.6 Å². The fraction of sp³-hybridized carbons (Fsp3) is 0.344. The second-order valence-corrected chi connectivity index (χ2v) is 11.2. The molecular weight excluding hydrogens is 488 g/mol. The predicted molar refractivity (Wildman–Crippen MR) is 156 cm³/mol. The van der Waals surface area contributed by atoms with Gasteiger partial charge in [-0.25, -0.2) is 4.79 Å². The molecule has 0 radical (unpaired) electrons. The molecule has 3 heterocycles. The van der Waals surface area contributed by atoms with E-state index in [1.54, 1.807) is 6.20 Å². The predicted octanol–water partition coefficient (Wildman–Crippen LogP) is 6.23. The Balaban J connectivity index is 1.49. The largest absolute Gasteiger partial charge is 0.444 e. The summed E-state index contributed by atoms with van der Waals surface area (Å²) in [6.07, 6.45) is 5.16. The van der Waals surface area contributed by atoms with Gasteiger partial charge in [-0.05, 0) is 98.3 Å². The van der Waals surface area contributed by atoms with Crippen LogP contribution < -0.4 is 10.9 Å². The minimum Gasteiger partial charge on any atom is -0.444 e. The second kappa shape index (κ2) is 11.0. The topological polar surface area (TPSA) is 87.3 Å². The monoisotopic (exact) mass is 524 g/mol. The van der Waals surface area contributed by atoms with Crippen LogP contribution in [0.15, 0.2) is 71.8 Å². The first-order valence-electron chi connectivity index (χ1n) is 13.6. The number of H-pyrrole nitrogens is 1. The van der Waals surface area contributed by atoms with Crippen molar-refractivity contribution in [3.05, 3.63) is 88.6 Å². The molecule has 1 amide bonds. The molecule has 4 aromatic rings. The average Bonchev–Trinajstić information content (AvgIpc) is 3.36. The summed E-state index contributed by atoms with van der Waals surface area (Å²) in [6.45, 7) is 9.62. The van der Waals surface area contributed by atoms with Crippen molar-refractivity contribution < 1.29 is 9.53 Å². The zero-order valence-corrected chi connectivity index (χ0v) is 23.1. The van der Waals surface area contributed by atoms with Gasteiger partial charge in [0.1, 0.15) is 5.60 Å². The van der Waals surface area contributed by atoms with Gasteiger partial charge in [0.15, 0.2) is 0 Å². The Morgan fingerprint density at radius 3 is 2.67 bits per heavy atom. The molecule has 1 aliphatic heterocycles. The van der Waals surface area contributed by atoms with Crippen LogP contribution in [0.3, 0.4) is 0 Å². The highest BCUT2D eigenvalue weighted by atomic mass is 16.6. The Kier molecular flexibility index (Phi) is 7.53. The average molecular weight is 525 g/mol. The first kappa shape index (κ1) is 26.6. The van der Waals surface area contributed by atoms with E-state index in [1.165, 1.54) is 0 Å². The normalized spacial score (nSPS) is 15.9. The zero-order valence-electron chi connectivity index (χ0n) is 23.1. The number of hydrogen-bond acceptors (Lipinski definition) is 5. The van der Waals surface area contributed by atoms with Gasteiger partial charge in [0.2, 0.25) is 0 Å². The molecule has 2 aromatic carbocycles. The summed E-state index contributed by atoms with van der Waals surface area (Å²) in [4.78, 5) is 35.8. The number of pyridine rings is 2. The van der Waals surface area contributed by atoms with E-state index in [1.807, 2.05) is 58.2 Å². The number of rotatable bonds is 6. The van der Waals surface area contributed by atoms with Crippen LogP contribution in [0.4, 0.5) is 4.79 Å². The van der Waals surface area contributed by atoms with Gasteiger partial charge in [0, 0.05) is 31.2 Å². The number of aromatic amines is 1. The van der Waals surface area contributed by atoms with Crippen molar-refractivity contribution in [1.29, 1.82) is 0 Å². The van der Waals surface area contributed by atoms with E-state index in [2.05, 4.69) is 50.5 Å². The molecule has 1 fully saturated rings.